The Morgan fingerprint density at radius 1 is 0.633 bits per heavy atom. The van der Waals surface area contributed by atoms with E-state index in [1.54, 1.807) is 42.7 Å². The molecule has 10 nitrogen and oxygen atoms in total. The van der Waals surface area contributed by atoms with E-state index in [1.165, 1.54) is 6.07 Å². The fourth-order valence-corrected chi connectivity index (χ4v) is 8.87. The Labute approximate surface area is 348 Å². The Hall–Kier alpha value is -6.05. The third-order valence-corrected chi connectivity index (χ3v) is 11.8. The summed E-state index contributed by atoms with van der Waals surface area (Å²) in [6.45, 7) is 1.19. The molecule has 4 aromatic carbocycles. The van der Waals surface area contributed by atoms with Crippen molar-refractivity contribution in [3.05, 3.63) is 144 Å². The van der Waals surface area contributed by atoms with E-state index in [0.29, 0.717) is 53.7 Å². The SMILES string of the molecule is CN(C)C(C(=O)N1CCC[C@H]1c1ncc(-c2ccc(-c3ccc(-c4cnc([C@@H]5CCCN5C(=O)[C@@H](c5ccccc5)N(C)C)[nH]4)cc3C(F)(F)F)cc2)[nH]1)c1ccccc1. The zero-order valence-corrected chi connectivity index (χ0v) is 34.2. The van der Waals surface area contributed by atoms with Crippen LogP contribution in [0.1, 0.15) is 78.2 Å². The van der Waals surface area contributed by atoms with Crippen molar-refractivity contribution in [1.82, 2.24) is 39.5 Å². The second-order valence-electron chi connectivity index (χ2n) is 16.1. The Kier molecular flexibility index (Phi) is 11.5. The number of likely N-dealkylation sites (N-methyl/N-ethyl adjacent to an activating group) is 2. The average Bonchev–Trinajstić information content (AvgIpc) is 4.08. The molecule has 13 heteroatoms. The summed E-state index contributed by atoms with van der Waals surface area (Å²) in [6.07, 6.45) is 1.74. The normalized spacial score (nSPS) is 18.1. The van der Waals surface area contributed by atoms with Crippen molar-refractivity contribution < 1.29 is 22.8 Å². The van der Waals surface area contributed by atoms with Crippen molar-refractivity contribution in [2.45, 2.75) is 56.0 Å². The molecule has 4 heterocycles. The first kappa shape index (κ1) is 40.7. The Bertz CT molecular complexity index is 2430. The van der Waals surface area contributed by atoms with Crippen LogP contribution >= 0.6 is 0 Å². The van der Waals surface area contributed by atoms with Gasteiger partial charge in [-0.1, -0.05) is 97.1 Å². The number of hydrogen-bond acceptors (Lipinski definition) is 6. The van der Waals surface area contributed by atoms with E-state index in [4.69, 9.17) is 0 Å². The van der Waals surface area contributed by atoms with Crippen molar-refractivity contribution >= 4 is 11.8 Å². The molecule has 310 valence electrons. The van der Waals surface area contributed by atoms with Crippen molar-refractivity contribution in [3.63, 3.8) is 0 Å². The first-order chi connectivity index (χ1) is 28.9. The van der Waals surface area contributed by atoms with Gasteiger partial charge in [0.2, 0.25) is 11.8 Å². The van der Waals surface area contributed by atoms with Gasteiger partial charge in [-0.25, -0.2) is 9.97 Å². The van der Waals surface area contributed by atoms with Crippen LogP contribution in [-0.4, -0.2) is 92.6 Å². The summed E-state index contributed by atoms with van der Waals surface area (Å²) in [7, 11) is 7.56. The number of nitrogens with zero attached hydrogens (tertiary/aromatic N) is 6. The van der Waals surface area contributed by atoms with Gasteiger partial charge in [-0.3, -0.25) is 19.4 Å². The van der Waals surface area contributed by atoms with E-state index in [-0.39, 0.29) is 29.5 Å². The molecule has 2 aromatic heterocycles. The second kappa shape index (κ2) is 16.9. The van der Waals surface area contributed by atoms with Crippen LogP contribution in [0, 0.1) is 0 Å². The number of carbonyl (C=O) groups excluding carboxylic acids is 2. The Morgan fingerprint density at radius 2 is 1.07 bits per heavy atom. The molecule has 0 spiro atoms. The predicted octanol–water partition coefficient (Wildman–Crippen LogP) is 9.09. The Balaban J connectivity index is 0.999. The minimum absolute atomic E-state index is 0.0141. The summed E-state index contributed by atoms with van der Waals surface area (Å²) in [4.78, 5) is 51.3. The van der Waals surface area contributed by atoms with Gasteiger partial charge in [-0.05, 0) is 87.8 Å². The van der Waals surface area contributed by atoms with Crippen LogP contribution in [0.5, 0.6) is 0 Å². The largest absolute Gasteiger partial charge is 0.417 e. The van der Waals surface area contributed by atoms with Gasteiger partial charge in [0.25, 0.3) is 0 Å². The number of aromatic nitrogens is 4. The maximum Gasteiger partial charge on any atom is 0.417 e. The Morgan fingerprint density at radius 3 is 1.52 bits per heavy atom. The monoisotopic (exact) mass is 814 g/mol. The summed E-state index contributed by atoms with van der Waals surface area (Å²) in [5, 5.41) is 0. The average molecular weight is 815 g/mol. The lowest BCUT2D eigenvalue weighted by Crippen LogP contribution is -2.40. The van der Waals surface area contributed by atoms with Gasteiger partial charge in [0.1, 0.15) is 23.7 Å². The molecule has 2 aliphatic rings. The molecule has 60 heavy (non-hydrogen) atoms. The van der Waals surface area contributed by atoms with E-state index in [9.17, 15) is 22.8 Å². The highest BCUT2D eigenvalue weighted by Crippen LogP contribution is 2.41. The predicted molar refractivity (Wildman–Crippen MR) is 225 cm³/mol. The van der Waals surface area contributed by atoms with Crippen molar-refractivity contribution in [2.75, 3.05) is 41.3 Å². The number of imidazole rings is 2. The quantitative estimate of drug-likeness (QED) is 0.135. The third-order valence-electron chi connectivity index (χ3n) is 11.8. The topological polar surface area (TPSA) is 104 Å². The molecule has 2 amide bonds. The molecule has 0 radical (unpaired) electrons. The number of aromatic amines is 2. The summed E-state index contributed by atoms with van der Waals surface area (Å²) in [5.41, 5.74) is 3.79. The van der Waals surface area contributed by atoms with Crippen LogP contribution in [0.4, 0.5) is 13.2 Å². The molecule has 0 bridgehead atoms. The maximum atomic E-state index is 14.8. The first-order valence-electron chi connectivity index (χ1n) is 20.3. The van der Waals surface area contributed by atoms with E-state index < -0.39 is 23.8 Å². The zero-order chi connectivity index (χ0) is 42.1. The number of alkyl halides is 3. The van der Waals surface area contributed by atoms with Crippen LogP contribution in [0.25, 0.3) is 33.6 Å². The lowest BCUT2D eigenvalue weighted by Gasteiger charge is -2.31. The van der Waals surface area contributed by atoms with Crippen LogP contribution in [0.3, 0.4) is 0 Å². The van der Waals surface area contributed by atoms with E-state index >= 15 is 0 Å². The standard InChI is InChI=1S/C47H49F3N8O2/c1-55(2)41(32-13-7-5-8-14-32)45(59)57-25-11-17-39(57)43-51-28-37(53-43)31-21-19-30(20-22-31)35-24-23-34(27-36(35)47(48,49)50)38-29-52-44(54-38)40-18-12-26-58(40)46(60)42(56(3)4)33-15-9-6-10-16-33/h5-10,13-16,19-24,27-29,39-42H,11-12,17-18,25-26H2,1-4H3,(H,51,53)(H,52,54)/t39-,40-,41?,42+/m0/s1. The molecular weight excluding hydrogens is 766 g/mol. The highest BCUT2D eigenvalue weighted by atomic mass is 19.4. The minimum atomic E-state index is -4.63. The first-order valence-corrected chi connectivity index (χ1v) is 20.3. The fraction of sp³-hybridized carbons (Fsp3) is 0.319. The molecule has 2 fully saturated rings. The molecule has 0 aliphatic carbocycles. The summed E-state index contributed by atoms with van der Waals surface area (Å²) < 4.78 is 44.3. The number of amides is 2. The molecule has 4 atom stereocenters. The number of rotatable bonds is 11. The summed E-state index contributed by atoms with van der Waals surface area (Å²) in [5.74, 6) is 1.20. The number of benzene rings is 4. The summed E-state index contributed by atoms with van der Waals surface area (Å²) >= 11 is 0. The van der Waals surface area contributed by atoms with Gasteiger partial charge >= 0.3 is 6.18 Å². The molecular formula is C47H49F3N8O2. The van der Waals surface area contributed by atoms with Gasteiger partial charge < -0.3 is 19.8 Å². The fourth-order valence-electron chi connectivity index (χ4n) is 8.87. The molecule has 2 N–H and O–H groups in total. The molecule has 2 aliphatic heterocycles. The zero-order valence-electron chi connectivity index (χ0n) is 34.2. The van der Waals surface area contributed by atoms with Crippen molar-refractivity contribution in [3.8, 4) is 33.6 Å². The number of H-pyrrole nitrogens is 2. The van der Waals surface area contributed by atoms with Crippen LogP contribution in [0.15, 0.2) is 116 Å². The van der Waals surface area contributed by atoms with Gasteiger partial charge in [0.15, 0.2) is 0 Å². The molecule has 8 rings (SSSR count). The minimum Gasteiger partial charge on any atom is -0.340 e. The van der Waals surface area contributed by atoms with Gasteiger partial charge in [-0.15, -0.1) is 0 Å². The maximum absolute atomic E-state index is 14.8. The second-order valence-corrected chi connectivity index (χ2v) is 16.1. The number of halogens is 3. The summed E-state index contributed by atoms with van der Waals surface area (Å²) in [6, 6.07) is 29.2. The van der Waals surface area contributed by atoms with Gasteiger partial charge in [0, 0.05) is 18.7 Å². The van der Waals surface area contributed by atoms with Crippen LogP contribution < -0.4 is 0 Å². The van der Waals surface area contributed by atoms with Crippen molar-refractivity contribution in [2.24, 2.45) is 0 Å². The third kappa shape index (κ3) is 8.11. The molecule has 6 aromatic rings. The smallest absolute Gasteiger partial charge is 0.340 e. The van der Waals surface area contributed by atoms with E-state index in [1.807, 2.05) is 108 Å². The van der Waals surface area contributed by atoms with E-state index in [0.717, 1.165) is 42.0 Å². The lowest BCUT2D eigenvalue weighted by molar-refractivity contribution is -0.138. The number of likely N-dealkylation sites (tertiary alicyclic amines) is 2. The molecule has 0 saturated carbocycles. The highest BCUT2D eigenvalue weighted by Gasteiger charge is 2.39. The van der Waals surface area contributed by atoms with E-state index in [2.05, 4.69) is 19.9 Å². The number of carbonyl (C=O) groups is 2. The van der Waals surface area contributed by atoms with Crippen molar-refractivity contribution in [1.29, 1.82) is 0 Å². The van der Waals surface area contributed by atoms with Crippen LogP contribution in [0.2, 0.25) is 0 Å². The van der Waals surface area contributed by atoms with Crippen LogP contribution in [-0.2, 0) is 15.8 Å². The lowest BCUT2D eigenvalue weighted by atomic mass is 9.95. The molecule has 1 unspecified atom stereocenters. The van der Waals surface area contributed by atoms with Gasteiger partial charge in [0.05, 0.1) is 41.4 Å². The van der Waals surface area contributed by atoms with Gasteiger partial charge in [-0.2, -0.15) is 13.2 Å². The number of nitrogens with one attached hydrogen (secondary N) is 2. The number of hydrogen-bond donors (Lipinski definition) is 2. The highest BCUT2D eigenvalue weighted by molar-refractivity contribution is 5.85. The molecule has 2 saturated heterocycles.